The molecule has 118 valence electrons. The van der Waals surface area contributed by atoms with Crippen molar-refractivity contribution in [2.75, 3.05) is 26.1 Å². The van der Waals surface area contributed by atoms with E-state index in [1.807, 2.05) is 42.5 Å². The minimum Gasteiger partial charge on any atom is -0.497 e. The Hall–Kier alpha value is -2.86. The zero-order valence-corrected chi connectivity index (χ0v) is 12.9. The second-order valence-electron chi connectivity index (χ2n) is 5.05. The Morgan fingerprint density at radius 1 is 1.17 bits per heavy atom. The van der Waals surface area contributed by atoms with E-state index in [0.717, 1.165) is 27.8 Å². The van der Waals surface area contributed by atoms with Crippen LogP contribution >= 0.6 is 0 Å². The van der Waals surface area contributed by atoms with E-state index in [9.17, 15) is 4.79 Å². The predicted molar refractivity (Wildman–Crippen MR) is 88.6 cm³/mol. The van der Waals surface area contributed by atoms with Crippen LogP contribution in [0.5, 0.6) is 5.75 Å². The molecule has 0 atom stereocenters. The molecule has 23 heavy (non-hydrogen) atoms. The number of H-pyrrole nitrogens is 1. The summed E-state index contributed by atoms with van der Waals surface area (Å²) in [7, 11) is 3.12. The van der Waals surface area contributed by atoms with E-state index in [1.54, 1.807) is 7.11 Å². The van der Waals surface area contributed by atoms with Crippen molar-refractivity contribution in [2.45, 2.75) is 0 Å². The molecule has 1 amide bonds. The van der Waals surface area contributed by atoms with Crippen molar-refractivity contribution in [3.8, 4) is 16.9 Å². The van der Waals surface area contributed by atoms with Crippen molar-refractivity contribution in [1.29, 1.82) is 0 Å². The van der Waals surface area contributed by atoms with Crippen molar-refractivity contribution in [2.24, 2.45) is 0 Å². The van der Waals surface area contributed by atoms with Gasteiger partial charge in [0.2, 0.25) is 0 Å². The van der Waals surface area contributed by atoms with Gasteiger partial charge in [-0.1, -0.05) is 18.2 Å². The zero-order valence-electron chi connectivity index (χ0n) is 12.9. The summed E-state index contributed by atoms with van der Waals surface area (Å²) in [5.74, 6) is 1.07. The highest BCUT2D eigenvalue weighted by Crippen LogP contribution is 2.28. The fourth-order valence-electron chi connectivity index (χ4n) is 2.40. The molecule has 0 saturated heterocycles. The number of carbonyl (C=O) groups is 1. The van der Waals surface area contributed by atoms with Crippen LogP contribution in [0.2, 0.25) is 0 Å². The molecule has 0 aliphatic carbocycles. The van der Waals surface area contributed by atoms with Crippen LogP contribution in [-0.2, 0) is 9.53 Å². The number of aromatic nitrogens is 2. The summed E-state index contributed by atoms with van der Waals surface area (Å²) >= 11 is 0. The third kappa shape index (κ3) is 3.17. The first-order valence-corrected chi connectivity index (χ1v) is 7.12. The molecular formula is C17H17N3O3. The number of anilines is 1. The number of benzene rings is 2. The Morgan fingerprint density at radius 3 is 2.78 bits per heavy atom. The van der Waals surface area contributed by atoms with Gasteiger partial charge in [-0.3, -0.25) is 9.89 Å². The Kier molecular flexibility index (Phi) is 4.25. The topological polar surface area (TPSA) is 76.2 Å². The molecule has 6 nitrogen and oxygen atoms in total. The number of methoxy groups -OCH3 is 2. The Bertz CT molecular complexity index is 842. The SMILES string of the molecule is COCC(=O)Nc1n[nH]c2cc(-c3cccc(OC)c3)ccc12. The summed E-state index contributed by atoms with van der Waals surface area (Å²) in [6, 6.07) is 13.7. The highest BCUT2D eigenvalue weighted by atomic mass is 16.5. The van der Waals surface area contributed by atoms with E-state index < -0.39 is 0 Å². The number of rotatable bonds is 5. The van der Waals surface area contributed by atoms with Gasteiger partial charge in [0.05, 0.1) is 12.6 Å². The molecule has 2 aromatic carbocycles. The van der Waals surface area contributed by atoms with Gasteiger partial charge in [0.1, 0.15) is 12.4 Å². The number of nitrogens with one attached hydrogen (secondary N) is 2. The quantitative estimate of drug-likeness (QED) is 0.759. The summed E-state index contributed by atoms with van der Waals surface area (Å²) in [6.45, 7) is -0.00372. The van der Waals surface area contributed by atoms with Crippen LogP contribution in [0.3, 0.4) is 0 Å². The van der Waals surface area contributed by atoms with E-state index in [0.29, 0.717) is 5.82 Å². The van der Waals surface area contributed by atoms with Gasteiger partial charge >= 0.3 is 0 Å². The van der Waals surface area contributed by atoms with Crippen LogP contribution < -0.4 is 10.1 Å². The number of carbonyl (C=O) groups excluding carboxylic acids is 1. The van der Waals surface area contributed by atoms with E-state index in [-0.39, 0.29) is 12.5 Å². The first-order valence-electron chi connectivity index (χ1n) is 7.12. The van der Waals surface area contributed by atoms with Gasteiger partial charge in [0, 0.05) is 12.5 Å². The molecule has 0 aliphatic heterocycles. The summed E-state index contributed by atoms with van der Waals surface area (Å²) in [4.78, 5) is 11.6. The highest BCUT2D eigenvalue weighted by Gasteiger charge is 2.10. The summed E-state index contributed by atoms with van der Waals surface area (Å²) in [6.07, 6.45) is 0. The molecule has 0 unspecified atom stereocenters. The van der Waals surface area contributed by atoms with E-state index in [4.69, 9.17) is 9.47 Å². The lowest BCUT2D eigenvalue weighted by Gasteiger charge is -2.05. The fourth-order valence-corrected chi connectivity index (χ4v) is 2.40. The smallest absolute Gasteiger partial charge is 0.251 e. The molecule has 2 N–H and O–H groups in total. The minimum atomic E-state index is -0.238. The molecule has 0 bridgehead atoms. The molecule has 0 fully saturated rings. The predicted octanol–water partition coefficient (Wildman–Crippen LogP) is 2.82. The van der Waals surface area contributed by atoms with E-state index in [1.165, 1.54) is 7.11 Å². The number of hydrogen-bond donors (Lipinski definition) is 2. The van der Waals surface area contributed by atoms with E-state index >= 15 is 0 Å². The van der Waals surface area contributed by atoms with Crippen LogP contribution in [0.15, 0.2) is 42.5 Å². The molecule has 1 heterocycles. The fraction of sp³-hybridized carbons (Fsp3) is 0.176. The average molecular weight is 311 g/mol. The number of amides is 1. The van der Waals surface area contributed by atoms with Crippen LogP contribution in [0.1, 0.15) is 0 Å². The lowest BCUT2D eigenvalue weighted by atomic mass is 10.0. The molecule has 3 aromatic rings. The molecule has 6 heteroatoms. The standard InChI is InChI=1S/C17H17N3O3/c1-22-10-16(21)18-17-14-7-6-12(9-15(14)19-20-17)11-4-3-5-13(8-11)23-2/h3-9H,10H2,1-2H3,(H2,18,19,20,21). The second-order valence-corrected chi connectivity index (χ2v) is 5.05. The third-order valence-electron chi connectivity index (χ3n) is 3.50. The van der Waals surface area contributed by atoms with Crippen molar-refractivity contribution < 1.29 is 14.3 Å². The van der Waals surface area contributed by atoms with Crippen molar-refractivity contribution in [1.82, 2.24) is 10.2 Å². The van der Waals surface area contributed by atoms with E-state index in [2.05, 4.69) is 15.5 Å². The van der Waals surface area contributed by atoms with Crippen molar-refractivity contribution in [3.63, 3.8) is 0 Å². The van der Waals surface area contributed by atoms with Crippen LogP contribution in [-0.4, -0.2) is 36.9 Å². The molecule has 0 saturated carbocycles. The van der Waals surface area contributed by atoms with Crippen molar-refractivity contribution in [3.05, 3.63) is 42.5 Å². The molecule has 3 rings (SSSR count). The highest BCUT2D eigenvalue weighted by molar-refractivity contribution is 6.01. The molecular weight excluding hydrogens is 294 g/mol. The number of aromatic amines is 1. The van der Waals surface area contributed by atoms with Gasteiger partial charge in [0.15, 0.2) is 5.82 Å². The monoisotopic (exact) mass is 311 g/mol. The second kappa shape index (κ2) is 6.50. The Balaban J connectivity index is 1.92. The molecule has 0 spiro atoms. The summed E-state index contributed by atoms with van der Waals surface area (Å²) in [5.41, 5.74) is 2.93. The van der Waals surface area contributed by atoms with Gasteiger partial charge < -0.3 is 14.8 Å². The minimum absolute atomic E-state index is 0.00372. The largest absolute Gasteiger partial charge is 0.497 e. The molecule has 0 aliphatic rings. The maximum absolute atomic E-state index is 11.6. The first-order chi connectivity index (χ1) is 11.2. The van der Waals surface area contributed by atoms with Gasteiger partial charge in [-0.25, -0.2) is 0 Å². The van der Waals surface area contributed by atoms with Gasteiger partial charge in [-0.15, -0.1) is 0 Å². The van der Waals surface area contributed by atoms with Crippen LogP contribution in [0, 0.1) is 0 Å². The Labute approximate surface area is 133 Å². The number of hydrogen-bond acceptors (Lipinski definition) is 4. The maximum Gasteiger partial charge on any atom is 0.251 e. The van der Waals surface area contributed by atoms with Gasteiger partial charge in [-0.2, -0.15) is 5.10 Å². The zero-order chi connectivity index (χ0) is 16.2. The number of fused-ring (bicyclic) bond motifs is 1. The number of ether oxygens (including phenoxy) is 2. The maximum atomic E-state index is 11.6. The van der Waals surface area contributed by atoms with Crippen LogP contribution in [0.4, 0.5) is 5.82 Å². The Morgan fingerprint density at radius 2 is 2.00 bits per heavy atom. The summed E-state index contributed by atoms with van der Waals surface area (Å²) < 4.78 is 10.1. The van der Waals surface area contributed by atoms with Gasteiger partial charge in [0.25, 0.3) is 5.91 Å². The first kappa shape index (κ1) is 15.1. The normalized spacial score (nSPS) is 10.7. The third-order valence-corrected chi connectivity index (χ3v) is 3.50. The average Bonchev–Trinajstić information content (AvgIpc) is 2.97. The molecule has 0 radical (unpaired) electrons. The lowest BCUT2D eigenvalue weighted by Crippen LogP contribution is -2.17. The number of nitrogens with zero attached hydrogens (tertiary/aromatic N) is 1. The van der Waals surface area contributed by atoms with Crippen LogP contribution in [0.25, 0.3) is 22.0 Å². The van der Waals surface area contributed by atoms with Gasteiger partial charge in [-0.05, 0) is 35.4 Å². The summed E-state index contributed by atoms with van der Waals surface area (Å²) in [5, 5.41) is 10.7. The lowest BCUT2D eigenvalue weighted by molar-refractivity contribution is -0.119. The van der Waals surface area contributed by atoms with Crippen molar-refractivity contribution >= 4 is 22.6 Å². The molecule has 1 aromatic heterocycles.